The maximum Gasteiger partial charge on any atom is 0.217 e. The van der Waals surface area contributed by atoms with Gasteiger partial charge in [0.1, 0.15) is 0 Å². The zero-order valence-electron chi connectivity index (χ0n) is 20.2. The van der Waals surface area contributed by atoms with Crippen LogP contribution < -0.4 is 0 Å². The van der Waals surface area contributed by atoms with Gasteiger partial charge in [0.15, 0.2) is 0 Å². The fourth-order valence-electron chi connectivity index (χ4n) is 9.47. The van der Waals surface area contributed by atoms with E-state index in [-0.39, 0.29) is 48.9 Å². The second kappa shape index (κ2) is 9.68. The molecule has 11 atom stereocenters. The molecular formula is C26H47O6S-. The molecule has 4 fully saturated rings. The van der Waals surface area contributed by atoms with Crippen LogP contribution in [-0.4, -0.2) is 42.0 Å². The third kappa shape index (κ3) is 4.66. The summed E-state index contributed by atoms with van der Waals surface area (Å²) in [4.78, 5) is 0. The van der Waals surface area contributed by atoms with Gasteiger partial charge in [0.2, 0.25) is 10.4 Å². The standard InChI is InChI=1S/C25H44O6S.CH4/c1-5-17-21-14-16(26)8-11-25(21,4)20-9-12-24(3)18(6-7-19(24)22(20)23(17)27)15(2)10-13-31-32(28,29)30;/h15-23,26-27H,5-14H2,1-4H3,(H,28,29,30);1H4/p-1/t15-,16-,17-,18-,19?,20?,21+,22?,23-,24-,25-;/m1./s1. The molecule has 2 N–H and O–H groups in total. The van der Waals surface area contributed by atoms with E-state index >= 15 is 0 Å². The van der Waals surface area contributed by atoms with Crippen molar-refractivity contribution in [1.82, 2.24) is 0 Å². The van der Waals surface area contributed by atoms with Crippen molar-refractivity contribution in [1.29, 1.82) is 0 Å². The average molecular weight is 488 g/mol. The van der Waals surface area contributed by atoms with E-state index in [2.05, 4.69) is 31.9 Å². The van der Waals surface area contributed by atoms with Gasteiger partial charge in [-0.3, -0.25) is 4.18 Å². The Bertz CT molecular complexity index is 786. The maximum atomic E-state index is 11.7. The Labute approximate surface area is 201 Å². The molecular weight excluding hydrogens is 440 g/mol. The van der Waals surface area contributed by atoms with Crippen molar-refractivity contribution in [3.63, 3.8) is 0 Å². The quantitative estimate of drug-likeness (QED) is 0.413. The predicted octanol–water partition coefficient (Wildman–Crippen LogP) is 4.75. The highest BCUT2D eigenvalue weighted by molar-refractivity contribution is 7.80. The lowest BCUT2D eigenvalue weighted by Gasteiger charge is -2.64. The smallest absolute Gasteiger partial charge is 0.217 e. The summed E-state index contributed by atoms with van der Waals surface area (Å²) in [7, 11) is -4.64. The number of aliphatic hydroxyl groups excluding tert-OH is 2. The van der Waals surface area contributed by atoms with Crippen LogP contribution in [0.15, 0.2) is 0 Å². The van der Waals surface area contributed by atoms with Gasteiger partial charge in [0.05, 0.1) is 18.8 Å². The molecule has 6 nitrogen and oxygen atoms in total. The molecule has 0 aromatic rings. The Morgan fingerprint density at radius 2 is 1.67 bits per heavy atom. The van der Waals surface area contributed by atoms with Crippen molar-refractivity contribution in [3.05, 3.63) is 0 Å². The van der Waals surface area contributed by atoms with Gasteiger partial charge in [0.25, 0.3) is 0 Å². The molecule has 0 radical (unpaired) electrons. The van der Waals surface area contributed by atoms with Crippen LogP contribution >= 0.6 is 0 Å². The van der Waals surface area contributed by atoms with Crippen molar-refractivity contribution in [3.8, 4) is 0 Å². The minimum atomic E-state index is -4.64. The molecule has 0 aromatic heterocycles. The van der Waals surface area contributed by atoms with Crippen LogP contribution in [0.1, 0.15) is 92.9 Å². The number of rotatable bonds is 6. The summed E-state index contributed by atoms with van der Waals surface area (Å²) in [6.45, 7) is 9.17. The Balaban J connectivity index is 0.00000306. The first kappa shape index (κ1) is 27.4. The third-order valence-corrected chi connectivity index (χ3v) is 11.4. The molecule has 194 valence electrons. The maximum absolute atomic E-state index is 11.7. The van der Waals surface area contributed by atoms with Crippen LogP contribution in [0.4, 0.5) is 0 Å². The van der Waals surface area contributed by atoms with E-state index in [9.17, 15) is 23.2 Å². The van der Waals surface area contributed by atoms with Crippen molar-refractivity contribution < 1.29 is 27.4 Å². The number of hydrogen-bond donors (Lipinski definition) is 2. The van der Waals surface area contributed by atoms with E-state index in [1.165, 1.54) is 0 Å². The van der Waals surface area contributed by atoms with Crippen LogP contribution in [0.2, 0.25) is 0 Å². The highest BCUT2D eigenvalue weighted by Crippen LogP contribution is 2.69. The molecule has 3 unspecified atom stereocenters. The fourth-order valence-corrected chi connectivity index (χ4v) is 9.77. The first-order chi connectivity index (χ1) is 14.9. The highest BCUT2D eigenvalue weighted by atomic mass is 32.3. The van der Waals surface area contributed by atoms with Gasteiger partial charge in [0, 0.05) is 0 Å². The summed E-state index contributed by atoms with van der Waals surface area (Å²) in [5.74, 6) is 2.69. The van der Waals surface area contributed by atoms with Gasteiger partial charge in [-0.05, 0) is 104 Å². The Kier molecular flexibility index (Phi) is 8.03. The van der Waals surface area contributed by atoms with E-state index < -0.39 is 10.4 Å². The van der Waals surface area contributed by atoms with Gasteiger partial charge in [-0.1, -0.05) is 41.5 Å². The fraction of sp³-hybridized carbons (Fsp3) is 1.00. The van der Waals surface area contributed by atoms with Gasteiger partial charge in [-0.15, -0.1) is 0 Å². The Morgan fingerprint density at radius 3 is 2.30 bits per heavy atom. The molecule has 0 aliphatic heterocycles. The number of hydrogen-bond acceptors (Lipinski definition) is 6. The molecule has 0 spiro atoms. The molecule has 0 bridgehead atoms. The zero-order valence-corrected chi connectivity index (χ0v) is 21.0. The molecule has 0 amide bonds. The van der Waals surface area contributed by atoms with Crippen LogP contribution in [0.5, 0.6) is 0 Å². The first-order valence-electron chi connectivity index (χ1n) is 12.9. The molecule has 4 saturated carbocycles. The minimum Gasteiger partial charge on any atom is -0.726 e. The van der Waals surface area contributed by atoms with E-state index in [1.54, 1.807) is 0 Å². The summed E-state index contributed by atoms with van der Waals surface area (Å²) in [6.07, 6.45) is 8.26. The Morgan fingerprint density at radius 1 is 1.03 bits per heavy atom. The summed E-state index contributed by atoms with van der Waals surface area (Å²) in [6, 6.07) is 0. The topological polar surface area (TPSA) is 107 Å². The van der Waals surface area contributed by atoms with E-state index in [1.807, 2.05) is 0 Å². The van der Waals surface area contributed by atoms with Crippen LogP contribution in [0, 0.1) is 52.3 Å². The summed E-state index contributed by atoms with van der Waals surface area (Å²) < 4.78 is 37.0. The molecule has 7 heteroatoms. The molecule has 0 aromatic carbocycles. The SMILES string of the molecule is C.CC[C@H]1[C@@H](O)C2C3CC[C@H]([C@H](C)CCOS(=O)(=O)[O-])[C@@]3(C)CCC2[C@@]2(C)CC[C@@H](O)C[C@@H]12. The van der Waals surface area contributed by atoms with Crippen molar-refractivity contribution in [2.24, 2.45) is 52.3 Å². The predicted molar refractivity (Wildman–Crippen MR) is 128 cm³/mol. The lowest BCUT2D eigenvalue weighted by molar-refractivity contribution is -0.203. The van der Waals surface area contributed by atoms with Crippen LogP contribution in [0.25, 0.3) is 0 Å². The third-order valence-electron chi connectivity index (χ3n) is 11.0. The second-order valence-electron chi connectivity index (χ2n) is 12.1. The van der Waals surface area contributed by atoms with Gasteiger partial charge in [-0.25, -0.2) is 8.42 Å². The Hall–Kier alpha value is -0.210. The number of fused-ring (bicyclic) bond motifs is 5. The van der Waals surface area contributed by atoms with Crippen molar-refractivity contribution >= 4 is 10.4 Å². The zero-order chi connectivity index (χ0) is 23.5. The average Bonchev–Trinajstić information content (AvgIpc) is 3.06. The van der Waals surface area contributed by atoms with E-state index in [4.69, 9.17) is 0 Å². The lowest BCUT2D eigenvalue weighted by Crippen LogP contribution is -2.62. The molecule has 4 aliphatic carbocycles. The van der Waals surface area contributed by atoms with Crippen molar-refractivity contribution in [2.45, 2.75) is 105 Å². The van der Waals surface area contributed by atoms with E-state index in [0.717, 1.165) is 51.4 Å². The highest BCUT2D eigenvalue weighted by Gasteiger charge is 2.64. The molecule has 4 rings (SSSR count). The molecule has 33 heavy (non-hydrogen) atoms. The summed E-state index contributed by atoms with van der Waals surface area (Å²) in [5.41, 5.74) is 0.332. The van der Waals surface area contributed by atoms with Crippen LogP contribution in [-0.2, 0) is 14.6 Å². The monoisotopic (exact) mass is 487 g/mol. The normalized spacial score (nSPS) is 48.2. The summed E-state index contributed by atoms with van der Waals surface area (Å²) >= 11 is 0. The lowest BCUT2D eigenvalue weighted by atomic mass is 9.41. The van der Waals surface area contributed by atoms with Gasteiger partial charge < -0.3 is 14.8 Å². The van der Waals surface area contributed by atoms with Crippen molar-refractivity contribution in [2.75, 3.05) is 6.61 Å². The van der Waals surface area contributed by atoms with Gasteiger partial charge >= 0.3 is 0 Å². The first-order valence-corrected chi connectivity index (χ1v) is 14.2. The van der Waals surface area contributed by atoms with Crippen LogP contribution in [0.3, 0.4) is 0 Å². The second-order valence-corrected chi connectivity index (χ2v) is 13.2. The molecule has 0 heterocycles. The number of aliphatic hydroxyl groups is 2. The minimum absolute atomic E-state index is 0. The summed E-state index contributed by atoms with van der Waals surface area (Å²) in [5, 5.41) is 22.1. The van der Waals surface area contributed by atoms with E-state index in [0.29, 0.717) is 36.0 Å². The van der Waals surface area contributed by atoms with Gasteiger partial charge in [-0.2, -0.15) is 0 Å². The molecule has 0 saturated heterocycles. The largest absolute Gasteiger partial charge is 0.726 e. The molecule has 4 aliphatic rings.